The van der Waals surface area contributed by atoms with E-state index >= 15 is 0 Å². The molecule has 146 valence electrons. The lowest BCUT2D eigenvalue weighted by molar-refractivity contribution is -0.134. The Balaban J connectivity index is 1.33. The Hall–Kier alpha value is -4.26. The largest absolute Gasteiger partial charge is 0.436 e. The van der Waals surface area contributed by atoms with E-state index in [1.54, 1.807) is 42.5 Å². The zero-order valence-corrected chi connectivity index (χ0v) is 15.6. The van der Waals surface area contributed by atoms with Crippen LogP contribution in [0.4, 0.5) is 0 Å². The molecule has 0 unspecified atom stereocenters. The number of benzene rings is 3. The maximum absolute atomic E-state index is 12.4. The van der Waals surface area contributed by atoms with Gasteiger partial charge in [0.2, 0.25) is 5.89 Å². The predicted octanol–water partition coefficient (Wildman–Crippen LogP) is 3.70. The fourth-order valence-corrected chi connectivity index (χ4v) is 3.35. The summed E-state index contributed by atoms with van der Waals surface area (Å²) in [5.74, 6) is -1.05. The van der Waals surface area contributed by atoms with E-state index in [1.807, 2.05) is 30.3 Å². The van der Waals surface area contributed by atoms with Crippen LogP contribution in [0.2, 0.25) is 0 Å². The Labute approximate surface area is 170 Å². The van der Waals surface area contributed by atoms with Crippen LogP contribution >= 0.6 is 0 Å². The molecule has 1 aromatic heterocycles. The average molecular weight is 398 g/mol. The van der Waals surface area contributed by atoms with Crippen molar-refractivity contribution in [3.05, 3.63) is 83.9 Å². The molecule has 0 bridgehead atoms. The molecule has 0 radical (unpaired) electrons. The SMILES string of the molecule is O=C(CN1C(=O)c2ccccc2C1=O)Oc1ccc2nc(-c3ccccc3)oc2c1. The van der Waals surface area contributed by atoms with E-state index in [2.05, 4.69) is 4.98 Å². The summed E-state index contributed by atoms with van der Waals surface area (Å²) in [4.78, 5) is 42.4. The number of carbonyl (C=O) groups is 3. The molecule has 30 heavy (non-hydrogen) atoms. The first-order valence-electron chi connectivity index (χ1n) is 9.22. The molecule has 0 N–H and O–H groups in total. The zero-order chi connectivity index (χ0) is 20.7. The molecule has 5 rings (SSSR count). The molecular formula is C23H14N2O5. The van der Waals surface area contributed by atoms with Crippen molar-refractivity contribution in [2.45, 2.75) is 0 Å². The van der Waals surface area contributed by atoms with Crippen LogP contribution in [-0.2, 0) is 4.79 Å². The van der Waals surface area contributed by atoms with Gasteiger partial charge in [0.1, 0.15) is 17.8 Å². The van der Waals surface area contributed by atoms with Crippen molar-refractivity contribution >= 4 is 28.9 Å². The lowest BCUT2D eigenvalue weighted by atomic mass is 10.1. The third-order valence-corrected chi connectivity index (χ3v) is 4.78. The summed E-state index contributed by atoms with van der Waals surface area (Å²) in [6.07, 6.45) is 0. The summed E-state index contributed by atoms with van der Waals surface area (Å²) in [5.41, 5.74) is 2.48. The standard InChI is InChI=1S/C23H14N2O5/c26-20(13-25-22(27)16-8-4-5-9-17(16)23(25)28)29-15-10-11-18-19(12-15)30-21(24-18)14-6-2-1-3-7-14/h1-12H,13H2. The molecule has 0 fully saturated rings. The fourth-order valence-electron chi connectivity index (χ4n) is 3.35. The highest BCUT2D eigenvalue weighted by Gasteiger charge is 2.36. The van der Waals surface area contributed by atoms with Gasteiger partial charge in [-0.2, -0.15) is 0 Å². The number of amides is 2. The smallest absolute Gasteiger partial charge is 0.331 e. The number of aromatic nitrogens is 1. The van der Waals surface area contributed by atoms with E-state index in [9.17, 15) is 14.4 Å². The van der Waals surface area contributed by atoms with Crippen molar-refractivity contribution < 1.29 is 23.5 Å². The first kappa shape index (κ1) is 17.8. The van der Waals surface area contributed by atoms with Gasteiger partial charge in [-0.1, -0.05) is 30.3 Å². The Morgan fingerprint density at radius 2 is 1.57 bits per heavy atom. The quantitative estimate of drug-likeness (QED) is 0.296. The molecule has 0 saturated carbocycles. The van der Waals surface area contributed by atoms with Gasteiger partial charge in [0.25, 0.3) is 11.8 Å². The third kappa shape index (κ3) is 3.02. The van der Waals surface area contributed by atoms with Crippen molar-refractivity contribution in [1.29, 1.82) is 0 Å². The lowest BCUT2D eigenvalue weighted by Gasteiger charge is -2.12. The Morgan fingerprint density at radius 3 is 2.27 bits per heavy atom. The van der Waals surface area contributed by atoms with E-state index in [1.165, 1.54) is 0 Å². The molecule has 4 aromatic rings. The molecule has 3 aromatic carbocycles. The number of oxazole rings is 1. The molecule has 2 heterocycles. The number of hydrogen-bond donors (Lipinski definition) is 0. The Morgan fingerprint density at radius 1 is 0.900 bits per heavy atom. The summed E-state index contributed by atoms with van der Waals surface area (Å²) >= 11 is 0. The summed E-state index contributed by atoms with van der Waals surface area (Å²) in [5, 5.41) is 0. The molecule has 0 atom stereocenters. The maximum Gasteiger partial charge on any atom is 0.331 e. The van der Waals surface area contributed by atoms with Crippen molar-refractivity contribution in [2.24, 2.45) is 0 Å². The van der Waals surface area contributed by atoms with Crippen molar-refractivity contribution in [3.63, 3.8) is 0 Å². The van der Waals surface area contributed by atoms with Gasteiger partial charge < -0.3 is 9.15 Å². The Bertz CT molecular complexity index is 1270. The topological polar surface area (TPSA) is 89.7 Å². The van der Waals surface area contributed by atoms with Gasteiger partial charge in [-0.15, -0.1) is 0 Å². The van der Waals surface area contributed by atoms with Crippen LogP contribution in [0.5, 0.6) is 5.75 Å². The summed E-state index contributed by atoms with van der Waals surface area (Å²) in [7, 11) is 0. The number of nitrogens with zero attached hydrogens (tertiary/aromatic N) is 2. The minimum atomic E-state index is -0.730. The van der Waals surface area contributed by atoms with E-state index in [-0.39, 0.29) is 16.9 Å². The molecule has 1 aliphatic heterocycles. The number of imide groups is 1. The molecule has 0 spiro atoms. The van der Waals surface area contributed by atoms with Crippen LogP contribution in [0.15, 0.2) is 77.2 Å². The number of esters is 1. The van der Waals surface area contributed by atoms with E-state index in [0.29, 0.717) is 17.0 Å². The van der Waals surface area contributed by atoms with Crippen LogP contribution in [0, 0.1) is 0 Å². The number of carbonyl (C=O) groups excluding carboxylic acids is 3. The number of fused-ring (bicyclic) bond motifs is 2. The van der Waals surface area contributed by atoms with Gasteiger partial charge in [0.05, 0.1) is 11.1 Å². The molecule has 0 aliphatic carbocycles. The Kier molecular flexibility index (Phi) is 4.14. The van der Waals surface area contributed by atoms with E-state index < -0.39 is 24.3 Å². The third-order valence-electron chi connectivity index (χ3n) is 4.78. The summed E-state index contributed by atoms with van der Waals surface area (Å²) in [6, 6.07) is 20.7. The minimum absolute atomic E-state index is 0.236. The van der Waals surface area contributed by atoms with Gasteiger partial charge >= 0.3 is 5.97 Å². The van der Waals surface area contributed by atoms with Crippen LogP contribution in [0.3, 0.4) is 0 Å². The first-order chi connectivity index (χ1) is 14.6. The van der Waals surface area contributed by atoms with E-state index in [0.717, 1.165) is 10.5 Å². The number of rotatable bonds is 4. The second-order valence-electron chi connectivity index (χ2n) is 6.73. The summed E-state index contributed by atoms with van der Waals surface area (Å²) < 4.78 is 11.1. The highest BCUT2D eigenvalue weighted by molar-refractivity contribution is 6.22. The predicted molar refractivity (Wildman–Crippen MR) is 107 cm³/mol. The van der Waals surface area contributed by atoms with Gasteiger partial charge in [-0.25, -0.2) is 9.78 Å². The average Bonchev–Trinajstić information content (AvgIpc) is 3.29. The second kappa shape index (κ2) is 6.97. The van der Waals surface area contributed by atoms with Crippen molar-refractivity contribution in [3.8, 4) is 17.2 Å². The monoisotopic (exact) mass is 398 g/mol. The molecule has 7 nitrogen and oxygen atoms in total. The zero-order valence-electron chi connectivity index (χ0n) is 15.6. The normalized spacial score (nSPS) is 13.0. The second-order valence-corrected chi connectivity index (χ2v) is 6.73. The van der Waals surface area contributed by atoms with Gasteiger partial charge in [-0.05, 0) is 36.4 Å². The molecule has 1 aliphatic rings. The lowest BCUT2D eigenvalue weighted by Crippen LogP contribution is -2.36. The molecular weight excluding hydrogens is 384 g/mol. The van der Waals surface area contributed by atoms with Crippen LogP contribution in [-0.4, -0.2) is 34.2 Å². The number of ether oxygens (including phenoxy) is 1. The summed E-state index contributed by atoms with van der Waals surface area (Å²) in [6.45, 7) is -0.476. The molecule has 7 heteroatoms. The molecule has 2 amide bonds. The van der Waals surface area contributed by atoms with Gasteiger partial charge in [0.15, 0.2) is 5.58 Å². The highest BCUT2D eigenvalue weighted by atomic mass is 16.5. The van der Waals surface area contributed by atoms with E-state index in [4.69, 9.17) is 9.15 Å². The first-order valence-corrected chi connectivity index (χ1v) is 9.22. The minimum Gasteiger partial charge on any atom is -0.436 e. The molecule has 0 saturated heterocycles. The van der Waals surface area contributed by atoms with Crippen LogP contribution in [0.25, 0.3) is 22.6 Å². The van der Waals surface area contributed by atoms with Crippen LogP contribution in [0.1, 0.15) is 20.7 Å². The highest BCUT2D eigenvalue weighted by Crippen LogP contribution is 2.27. The van der Waals surface area contributed by atoms with Crippen LogP contribution < -0.4 is 4.74 Å². The maximum atomic E-state index is 12.4. The van der Waals surface area contributed by atoms with Gasteiger partial charge in [-0.3, -0.25) is 14.5 Å². The van der Waals surface area contributed by atoms with Crippen molar-refractivity contribution in [1.82, 2.24) is 9.88 Å². The van der Waals surface area contributed by atoms with Gasteiger partial charge in [0, 0.05) is 11.6 Å². The number of hydrogen-bond acceptors (Lipinski definition) is 6. The van der Waals surface area contributed by atoms with Crippen molar-refractivity contribution in [2.75, 3.05) is 6.54 Å². The fraction of sp³-hybridized carbons (Fsp3) is 0.0435.